The van der Waals surface area contributed by atoms with Gasteiger partial charge in [0.1, 0.15) is 0 Å². The standard InChI is InChI=1S/C17H14B.C17H18P.Zr/c1-3-9-15(10-4-1)18(17-13-7-8-14-17)16-11-5-2-6-12-16;1-3-18(4-2)17-15-11-7-5-9-13(15)14-10-6-8-12-16(14)17;/h1-14H;5-11,17H,3-4H2,1-2H3;. The van der Waals surface area contributed by atoms with E-state index < -0.39 is 23.2 Å². The third-order valence-corrected chi connectivity index (χ3v) is 15.3. The summed E-state index contributed by atoms with van der Waals surface area (Å²) in [4.78, 5) is 0. The second-order valence-electron chi connectivity index (χ2n) is 10.0. The quantitative estimate of drug-likeness (QED) is 0.156. The van der Waals surface area contributed by atoms with Crippen LogP contribution < -0.4 is 14.2 Å². The van der Waals surface area contributed by atoms with Crippen LogP contribution in [0.25, 0.3) is 11.1 Å². The van der Waals surface area contributed by atoms with E-state index >= 15 is 0 Å². The van der Waals surface area contributed by atoms with Crippen molar-refractivity contribution >= 4 is 28.8 Å². The summed E-state index contributed by atoms with van der Waals surface area (Å²) in [6, 6.07) is 38.9. The molecule has 1 atom stereocenters. The van der Waals surface area contributed by atoms with E-state index in [0.29, 0.717) is 12.4 Å². The van der Waals surface area contributed by atoms with E-state index in [9.17, 15) is 0 Å². The summed E-state index contributed by atoms with van der Waals surface area (Å²) >= 11 is -1.15. The molecule has 0 heterocycles. The van der Waals surface area contributed by atoms with Gasteiger partial charge >= 0.3 is 237 Å². The number of fused-ring (bicyclic) bond motifs is 3. The Kier molecular flexibility index (Phi) is 7.34. The van der Waals surface area contributed by atoms with Crippen molar-refractivity contribution in [3.8, 4) is 11.1 Å². The monoisotopic (exact) mass is 572 g/mol. The third kappa shape index (κ3) is 4.52. The molecule has 4 aromatic rings. The number of hydrogen-bond donors (Lipinski definition) is 0. The molecule has 0 radical (unpaired) electrons. The molecule has 1 unspecified atom stereocenters. The van der Waals surface area contributed by atoms with Gasteiger partial charge in [0.2, 0.25) is 0 Å². The van der Waals surface area contributed by atoms with Gasteiger partial charge in [-0.05, 0) is 0 Å². The zero-order valence-corrected chi connectivity index (χ0v) is 25.0. The van der Waals surface area contributed by atoms with Crippen LogP contribution in [0.1, 0.15) is 30.6 Å². The van der Waals surface area contributed by atoms with E-state index in [1.54, 1.807) is 14.4 Å². The molecule has 0 saturated heterocycles. The summed E-state index contributed by atoms with van der Waals surface area (Å²) < 4.78 is 1.74. The van der Waals surface area contributed by atoms with Gasteiger partial charge < -0.3 is 0 Å². The van der Waals surface area contributed by atoms with Crippen LogP contribution >= 0.6 is 7.92 Å². The van der Waals surface area contributed by atoms with E-state index in [0.717, 1.165) is 0 Å². The van der Waals surface area contributed by atoms with Crippen LogP contribution in [-0.2, 0) is 23.2 Å². The van der Waals surface area contributed by atoms with Crippen molar-refractivity contribution in [2.45, 2.75) is 22.5 Å². The number of rotatable bonds is 8. The Morgan fingerprint density at radius 1 is 0.676 bits per heavy atom. The summed E-state index contributed by atoms with van der Waals surface area (Å²) in [7, 11) is -0.0931. The molecule has 0 bridgehead atoms. The molecule has 2 aliphatic carbocycles. The summed E-state index contributed by atoms with van der Waals surface area (Å²) in [5.74, 6) is 0. The van der Waals surface area contributed by atoms with Crippen molar-refractivity contribution in [3.63, 3.8) is 0 Å². The third-order valence-electron chi connectivity index (χ3n) is 8.05. The Hall–Kier alpha value is -2.26. The van der Waals surface area contributed by atoms with Crippen LogP contribution in [0.3, 0.4) is 0 Å². The first-order valence-electron chi connectivity index (χ1n) is 13.5. The maximum atomic E-state index is 2.54. The normalized spacial score (nSPS) is 16.6. The summed E-state index contributed by atoms with van der Waals surface area (Å²) in [6.45, 7) is 5.14. The second kappa shape index (κ2) is 10.8. The number of benzene rings is 4. The SMILES string of the molecule is CCP(CC)C1c2ccccc2-c2ccc[c]([Zr][C]3(B(c4ccccc4)c4ccccc4)C=CC=C3)c21. The van der Waals surface area contributed by atoms with Crippen molar-refractivity contribution in [1.29, 1.82) is 0 Å². The summed E-state index contributed by atoms with van der Waals surface area (Å²) in [6.07, 6.45) is 12.3. The Labute approximate surface area is 235 Å². The first-order chi connectivity index (χ1) is 18.3. The van der Waals surface area contributed by atoms with Crippen LogP contribution in [0, 0.1) is 0 Å². The molecule has 6 rings (SSSR count). The Morgan fingerprint density at radius 3 is 1.86 bits per heavy atom. The van der Waals surface area contributed by atoms with E-state index in [2.05, 4.69) is 141 Å². The minimum atomic E-state index is -1.15. The van der Waals surface area contributed by atoms with Crippen molar-refractivity contribution in [2.24, 2.45) is 0 Å². The molecule has 0 nitrogen and oxygen atoms in total. The topological polar surface area (TPSA) is 0 Å². The molecule has 37 heavy (non-hydrogen) atoms. The molecule has 0 fully saturated rings. The molecule has 180 valence electrons. The molecular weight excluding hydrogens is 541 g/mol. The van der Waals surface area contributed by atoms with Gasteiger partial charge in [-0.2, -0.15) is 0 Å². The van der Waals surface area contributed by atoms with Gasteiger partial charge in [-0.25, -0.2) is 0 Å². The maximum absolute atomic E-state index is 2.54. The molecule has 2 aliphatic rings. The average molecular weight is 574 g/mol. The molecule has 0 aromatic heterocycles. The predicted molar refractivity (Wildman–Crippen MR) is 160 cm³/mol. The molecule has 4 aromatic carbocycles. The Balaban J connectivity index is 1.52. The summed E-state index contributed by atoms with van der Waals surface area (Å²) in [5, 5.41) is 0. The van der Waals surface area contributed by atoms with E-state index in [1.807, 2.05) is 0 Å². The molecule has 0 N–H and O–H groups in total. The van der Waals surface area contributed by atoms with Gasteiger partial charge in [0.05, 0.1) is 0 Å². The zero-order valence-electron chi connectivity index (χ0n) is 21.6. The zero-order chi connectivity index (χ0) is 25.2. The van der Waals surface area contributed by atoms with Crippen LogP contribution in [-0.4, -0.2) is 19.0 Å². The molecule has 0 spiro atoms. The van der Waals surface area contributed by atoms with Crippen LogP contribution in [0.4, 0.5) is 0 Å². The van der Waals surface area contributed by atoms with Gasteiger partial charge in [-0.15, -0.1) is 0 Å². The fourth-order valence-electron chi connectivity index (χ4n) is 6.41. The van der Waals surface area contributed by atoms with Crippen LogP contribution in [0.5, 0.6) is 0 Å². The molecule has 0 saturated carbocycles. The number of allylic oxidation sites excluding steroid dienone is 4. The minimum absolute atomic E-state index is 0.0572. The predicted octanol–water partition coefficient (Wildman–Crippen LogP) is 7.12. The molecule has 0 aliphatic heterocycles. The average Bonchev–Trinajstić information content (AvgIpc) is 3.55. The van der Waals surface area contributed by atoms with E-state index in [-0.39, 0.29) is 10.9 Å². The Bertz CT molecular complexity index is 1390. The van der Waals surface area contributed by atoms with Crippen molar-refractivity contribution in [1.82, 2.24) is 0 Å². The van der Waals surface area contributed by atoms with Gasteiger partial charge in [0.25, 0.3) is 0 Å². The van der Waals surface area contributed by atoms with Crippen LogP contribution in [0.2, 0.25) is 3.02 Å². The first kappa shape index (κ1) is 25.0. The van der Waals surface area contributed by atoms with Crippen molar-refractivity contribution in [2.75, 3.05) is 12.3 Å². The van der Waals surface area contributed by atoms with E-state index in [1.165, 1.54) is 34.4 Å². The fraction of sp³-hybridized carbons (Fsp3) is 0.176. The second-order valence-corrected chi connectivity index (χ2v) is 17.0. The number of hydrogen-bond acceptors (Lipinski definition) is 0. The Morgan fingerprint density at radius 2 is 1.24 bits per heavy atom. The molecule has 0 amide bonds. The van der Waals surface area contributed by atoms with E-state index in [4.69, 9.17) is 0 Å². The van der Waals surface area contributed by atoms with Crippen molar-refractivity contribution in [3.05, 3.63) is 139 Å². The summed E-state index contributed by atoms with van der Waals surface area (Å²) in [5.41, 5.74) is 9.65. The van der Waals surface area contributed by atoms with Crippen molar-refractivity contribution < 1.29 is 23.2 Å². The molecular formula is C34H32BPZr. The van der Waals surface area contributed by atoms with Gasteiger partial charge in [0, 0.05) is 0 Å². The van der Waals surface area contributed by atoms with Gasteiger partial charge in [-0.3, -0.25) is 0 Å². The van der Waals surface area contributed by atoms with Gasteiger partial charge in [0.15, 0.2) is 0 Å². The first-order valence-corrected chi connectivity index (χ1v) is 17.7. The van der Waals surface area contributed by atoms with Crippen LogP contribution in [0.15, 0.2) is 127 Å². The van der Waals surface area contributed by atoms with Gasteiger partial charge in [-0.1, -0.05) is 0 Å². The molecule has 3 heteroatoms. The fourth-order valence-corrected chi connectivity index (χ4v) is 13.8.